The molecule has 0 saturated heterocycles. The van der Waals surface area contributed by atoms with Gasteiger partial charge in [0.1, 0.15) is 6.10 Å². The van der Waals surface area contributed by atoms with Gasteiger partial charge < -0.3 is 14.8 Å². The molecule has 0 bridgehead atoms. The average molecular weight is 476 g/mol. The number of halogens is 1. The van der Waals surface area contributed by atoms with Crippen molar-refractivity contribution in [1.29, 1.82) is 0 Å². The molecule has 6 heteroatoms. The second-order valence-corrected chi connectivity index (χ2v) is 10.2. The van der Waals surface area contributed by atoms with Gasteiger partial charge in [-0.05, 0) is 69.1 Å². The van der Waals surface area contributed by atoms with E-state index in [-0.39, 0.29) is 6.10 Å². The maximum absolute atomic E-state index is 10.3. The van der Waals surface area contributed by atoms with E-state index in [1.54, 1.807) is 0 Å². The van der Waals surface area contributed by atoms with Gasteiger partial charge >= 0.3 is 0 Å². The predicted molar refractivity (Wildman–Crippen MR) is 136 cm³/mol. The number of aromatic amines is 1. The highest BCUT2D eigenvalue weighted by atomic mass is 35.5. The minimum Gasteiger partial charge on any atom is -0.461 e. The second-order valence-electron chi connectivity index (χ2n) is 9.84. The van der Waals surface area contributed by atoms with Gasteiger partial charge in [-0.3, -0.25) is 0 Å². The zero-order chi connectivity index (χ0) is 23.7. The van der Waals surface area contributed by atoms with E-state index in [1.165, 1.54) is 11.1 Å². The zero-order valence-electron chi connectivity index (χ0n) is 19.6. The average Bonchev–Trinajstić information content (AvgIpc) is 3.20. The largest absolute Gasteiger partial charge is 0.461 e. The van der Waals surface area contributed by atoms with Crippen LogP contribution in [0.15, 0.2) is 60.7 Å². The Morgan fingerprint density at radius 2 is 1.65 bits per heavy atom. The van der Waals surface area contributed by atoms with Gasteiger partial charge in [0.05, 0.1) is 21.8 Å². The van der Waals surface area contributed by atoms with E-state index in [9.17, 15) is 5.11 Å². The highest BCUT2D eigenvalue weighted by Crippen LogP contribution is 2.34. The van der Waals surface area contributed by atoms with Gasteiger partial charge in [0.15, 0.2) is 5.65 Å². The monoisotopic (exact) mass is 475 g/mol. The highest BCUT2D eigenvalue weighted by molar-refractivity contribution is 6.33. The van der Waals surface area contributed by atoms with E-state index < -0.39 is 5.60 Å². The van der Waals surface area contributed by atoms with Crippen molar-refractivity contribution in [2.45, 2.75) is 57.7 Å². The molecule has 1 aliphatic carbocycles. The molecule has 5 rings (SSSR count). The van der Waals surface area contributed by atoms with Crippen molar-refractivity contribution in [2.75, 3.05) is 0 Å². The molecule has 2 N–H and O–H groups in total. The van der Waals surface area contributed by atoms with E-state index in [2.05, 4.69) is 58.5 Å². The van der Waals surface area contributed by atoms with Crippen molar-refractivity contribution in [3.8, 4) is 17.3 Å². The Labute approximate surface area is 205 Å². The minimum absolute atomic E-state index is 0.0891. The second kappa shape index (κ2) is 9.40. The molecule has 0 aliphatic heterocycles. The molecule has 34 heavy (non-hydrogen) atoms. The van der Waals surface area contributed by atoms with Crippen molar-refractivity contribution < 1.29 is 9.84 Å². The van der Waals surface area contributed by atoms with Crippen molar-refractivity contribution in [3.63, 3.8) is 0 Å². The molecule has 0 radical (unpaired) electrons. The normalized spacial score (nSPS) is 18.8. The Hall–Kier alpha value is -2.89. The Kier molecular flexibility index (Phi) is 6.32. The molecule has 1 fully saturated rings. The molecule has 1 aliphatic rings. The van der Waals surface area contributed by atoms with E-state index in [1.807, 2.05) is 26.0 Å². The number of benzene rings is 2. The molecule has 5 nitrogen and oxygen atoms in total. The van der Waals surface area contributed by atoms with Gasteiger partial charge in [-0.1, -0.05) is 66.2 Å². The summed E-state index contributed by atoms with van der Waals surface area (Å²) < 4.78 is 6.13. The Morgan fingerprint density at radius 1 is 0.971 bits per heavy atom. The third-order valence-corrected chi connectivity index (χ3v) is 7.12. The molecule has 176 valence electrons. The van der Waals surface area contributed by atoms with E-state index in [0.29, 0.717) is 28.3 Å². The fourth-order valence-electron chi connectivity index (χ4n) is 4.81. The summed E-state index contributed by atoms with van der Waals surface area (Å²) in [6.07, 6.45) is 4.68. The van der Waals surface area contributed by atoms with Crippen LogP contribution in [-0.2, 0) is 6.42 Å². The number of hydrogen-bond acceptors (Lipinski definition) is 4. The number of ether oxygens (including phenoxy) is 1. The molecular formula is C28H30ClN3O2. The number of aromatic nitrogens is 3. The van der Waals surface area contributed by atoms with Crippen LogP contribution in [0.4, 0.5) is 0 Å². The van der Waals surface area contributed by atoms with Crippen molar-refractivity contribution in [1.82, 2.24) is 15.0 Å². The molecule has 0 spiro atoms. The SMILES string of the molecule is CC(C)(O)C1CCC(Oc2nc3nc(-c4ccc(Cc5ccccc5)cc4)c(Cl)cc3[nH]2)CC1. The van der Waals surface area contributed by atoms with Gasteiger partial charge in [-0.25, -0.2) is 4.98 Å². The van der Waals surface area contributed by atoms with Crippen LogP contribution in [0.3, 0.4) is 0 Å². The number of fused-ring (bicyclic) bond motifs is 1. The lowest BCUT2D eigenvalue weighted by molar-refractivity contribution is -0.0160. The maximum Gasteiger partial charge on any atom is 0.296 e. The van der Waals surface area contributed by atoms with Crippen LogP contribution < -0.4 is 4.74 Å². The van der Waals surface area contributed by atoms with Gasteiger partial charge in [-0.2, -0.15) is 4.98 Å². The Morgan fingerprint density at radius 3 is 2.32 bits per heavy atom. The molecular weight excluding hydrogens is 446 g/mol. The summed E-state index contributed by atoms with van der Waals surface area (Å²) in [7, 11) is 0. The van der Waals surface area contributed by atoms with Gasteiger partial charge in [-0.15, -0.1) is 0 Å². The molecule has 2 aromatic carbocycles. The number of aliphatic hydroxyl groups is 1. The quantitative estimate of drug-likeness (QED) is 0.330. The van der Waals surface area contributed by atoms with Gasteiger partial charge in [0.25, 0.3) is 6.01 Å². The van der Waals surface area contributed by atoms with Crippen LogP contribution in [0.1, 0.15) is 50.7 Å². The van der Waals surface area contributed by atoms with Crippen LogP contribution in [0.2, 0.25) is 5.02 Å². The highest BCUT2D eigenvalue weighted by Gasteiger charge is 2.32. The van der Waals surface area contributed by atoms with Crippen LogP contribution >= 0.6 is 11.6 Å². The lowest BCUT2D eigenvalue weighted by Crippen LogP contribution is -2.36. The van der Waals surface area contributed by atoms with Crippen molar-refractivity contribution in [3.05, 3.63) is 76.8 Å². The number of imidazole rings is 1. The summed E-state index contributed by atoms with van der Waals surface area (Å²) in [5.74, 6) is 0.310. The van der Waals surface area contributed by atoms with E-state index >= 15 is 0 Å². The molecule has 0 unspecified atom stereocenters. The lowest BCUT2D eigenvalue weighted by Gasteiger charge is -2.35. The number of pyridine rings is 1. The lowest BCUT2D eigenvalue weighted by atomic mass is 9.78. The molecule has 0 atom stereocenters. The smallest absolute Gasteiger partial charge is 0.296 e. The molecule has 2 aromatic heterocycles. The summed E-state index contributed by atoms with van der Waals surface area (Å²) >= 11 is 6.59. The summed E-state index contributed by atoms with van der Waals surface area (Å²) in [5.41, 5.74) is 4.90. The summed E-state index contributed by atoms with van der Waals surface area (Å²) in [4.78, 5) is 12.5. The Bertz CT molecular complexity index is 1250. The first kappa shape index (κ1) is 22.9. The Balaban J connectivity index is 1.30. The fraction of sp³-hybridized carbons (Fsp3) is 0.357. The van der Waals surface area contributed by atoms with Gasteiger partial charge in [0.2, 0.25) is 0 Å². The molecule has 2 heterocycles. The number of rotatable bonds is 6. The first-order valence-corrected chi connectivity index (χ1v) is 12.3. The molecule has 1 saturated carbocycles. The first-order chi connectivity index (χ1) is 16.3. The van der Waals surface area contributed by atoms with E-state index in [0.717, 1.165) is 43.2 Å². The molecule has 4 aromatic rings. The first-order valence-electron chi connectivity index (χ1n) is 11.9. The van der Waals surface area contributed by atoms with Crippen LogP contribution in [0, 0.1) is 5.92 Å². The summed E-state index contributed by atoms with van der Waals surface area (Å²) in [6.45, 7) is 3.78. The van der Waals surface area contributed by atoms with Gasteiger partial charge in [0, 0.05) is 5.56 Å². The number of H-pyrrole nitrogens is 1. The molecule has 0 amide bonds. The van der Waals surface area contributed by atoms with Crippen LogP contribution in [-0.4, -0.2) is 31.8 Å². The van der Waals surface area contributed by atoms with Crippen molar-refractivity contribution >= 4 is 22.8 Å². The third kappa shape index (κ3) is 5.11. The standard InChI is InChI=1S/C28H30ClN3O2/c1-28(2,33)21-12-14-22(15-13-21)34-27-30-24-17-23(29)25(31-26(24)32-27)20-10-8-19(9-11-20)16-18-6-4-3-5-7-18/h3-11,17,21-22,33H,12-16H2,1-2H3,(H,30,31,32). The number of hydrogen-bond donors (Lipinski definition) is 2. The third-order valence-electron chi connectivity index (χ3n) is 6.83. The minimum atomic E-state index is -0.638. The summed E-state index contributed by atoms with van der Waals surface area (Å²) in [5, 5.41) is 10.8. The van der Waals surface area contributed by atoms with Crippen LogP contribution in [0.5, 0.6) is 6.01 Å². The van der Waals surface area contributed by atoms with Crippen LogP contribution in [0.25, 0.3) is 22.4 Å². The zero-order valence-corrected chi connectivity index (χ0v) is 20.3. The number of nitrogens with one attached hydrogen (secondary N) is 1. The topological polar surface area (TPSA) is 71.0 Å². The number of nitrogens with zero attached hydrogens (tertiary/aromatic N) is 2. The summed E-state index contributed by atoms with van der Waals surface area (Å²) in [6, 6.07) is 21.1. The maximum atomic E-state index is 10.3. The fourth-order valence-corrected chi connectivity index (χ4v) is 5.07. The van der Waals surface area contributed by atoms with Crippen molar-refractivity contribution in [2.24, 2.45) is 5.92 Å². The van der Waals surface area contributed by atoms with E-state index in [4.69, 9.17) is 21.3 Å². The predicted octanol–water partition coefficient (Wildman–Crippen LogP) is 6.58.